The summed E-state index contributed by atoms with van der Waals surface area (Å²) in [5.74, 6) is -0.505. The minimum Gasteiger partial charge on any atom is -0.346 e. The predicted molar refractivity (Wildman–Crippen MR) is 81.2 cm³/mol. The van der Waals surface area contributed by atoms with Crippen LogP contribution < -0.4 is 5.32 Å². The van der Waals surface area contributed by atoms with Crippen LogP contribution in [0, 0.1) is 6.92 Å². The second kappa shape index (κ2) is 5.95. The molecule has 2 heterocycles. The molecule has 1 aromatic carbocycles. The SMILES string of the molecule is Cc1cc(C(=O)NCc2ncccc2C(F)(F)F)c2nc[nH]c2c1. The van der Waals surface area contributed by atoms with E-state index >= 15 is 0 Å². The first-order valence-electron chi connectivity index (χ1n) is 7.09. The predicted octanol–water partition coefficient (Wildman–Crippen LogP) is 3.22. The highest BCUT2D eigenvalue weighted by Crippen LogP contribution is 2.30. The number of H-pyrrole nitrogens is 1. The monoisotopic (exact) mass is 334 g/mol. The van der Waals surface area contributed by atoms with Gasteiger partial charge in [0.1, 0.15) is 5.52 Å². The summed E-state index contributed by atoms with van der Waals surface area (Å²) in [5.41, 5.74) is 1.20. The van der Waals surface area contributed by atoms with E-state index in [0.29, 0.717) is 16.6 Å². The maximum Gasteiger partial charge on any atom is 0.418 e. The van der Waals surface area contributed by atoms with E-state index in [0.717, 1.165) is 11.6 Å². The Morgan fingerprint density at radius 1 is 1.29 bits per heavy atom. The van der Waals surface area contributed by atoms with E-state index in [1.165, 1.54) is 18.6 Å². The normalized spacial score (nSPS) is 11.7. The standard InChI is InChI=1S/C16H13F3N4O/c1-9-5-10(14-12(6-9)22-8-23-14)15(24)21-7-13-11(16(17,18)19)3-2-4-20-13/h2-6,8H,7H2,1H3,(H,21,24)(H,22,23). The van der Waals surface area contributed by atoms with Crippen molar-refractivity contribution in [3.05, 3.63) is 59.2 Å². The van der Waals surface area contributed by atoms with Crippen LogP contribution in [0.3, 0.4) is 0 Å². The number of aromatic amines is 1. The topological polar surface area (TPSA) is 70.7 Å². The third-order valence-corrected chi connectivity index (χ3v) is 3.52. The van der Waals surface area contributed by atoms with Gasteiger partial charge in [-0.05, 0) is 36.8 Å². The number of pyridine rings is 1. The van der Waals surface area contributed by atoms with Crippen LogP contribution in [0.2, 0.25) is 0 Å². The number of rotatable bonds is 3. The number of aromatic nitrogens is 3. The highest BCUT2D eigenvalue weighted by Gasteiger charge is 2.33. The third-order valence-electron chi connectivity index (χ3n) is 3.52. The summed E-state index contributed by atoms with van der Waals surface area (Å²) in [7, 11) is 0. The van der Waals surface area contributed by atoms with Gasteiger partial charge >= 0.3 is 6.18 Å². The Balaban J connectivity index is 1.85. The molecular formula is C16H13F3N4O. The van der Waals surface area contributed by atoms with Gasteiger partial charge in [-0.25, -0.2) is 4.98 Å². The molecule has 0 aliphatic carbocycles. The number of nitrogens with zero attached hydrogens (tertiary/aromatic N) is 2. The Morgan fingerprint density at radius 2 is 2.08 bits per heavy atom. The molecule has 124 valence electrons. The molecule has 0 saturated heterocycles. The molecule has 0 aliphatic heterocycles. The number of carbonyl (C=O) groups excluding carboxylic acids is 1. The number of alkyl halides is 3. The lowest BCUT2D eigenvalue weighted by molar-refractivity contribution is -0.138. The molecule has 3 rings (SSSR count). The summed E-state index contributed by atoms with van der Waals surface area (Å²) in [5, 5.41) is 2.48. The number of fused-ring (bicyclic) bond motifs is 1. The number of aryl methyl sites for hydroxylation is 1. The molecule has 8 heteroatoms. The zero-order valence-electron chi connectivity index (χ0n) is 12.6. The van der Waals surface area contributed by atoms with E-state index in [1.807, 2.05) is 13.0 Å². The zero-order chi connectivity index (χ0) is 17.3. The summed E-state index contributed by atoms with van der Waals surface area (Å²) in [6, 6.07) is 5.62. The van der Waals surface area contributed by atoms with Gasteiger partial charge in [0.25, 0.3) is 5.91 Å². The van der Waals surface area contributed by atoms with E-state index in [4.69, 9.17) is 0 Å². The molecule has 0 fully saturated rings. The Hall–Kier alpha value is -2.90. The molecule has 5 nitrogen and oxygen atoms in total. The van der Waals surface area contributed by atoms with Crippen LogP contribution in [0.1, 0.15) is 27.2 Å². The van der Waals surface area contributed by atoms with E-state index in [2.05, 4.69) is 20.3 Å². The number of benzene rings is 1. The number of carbonyl (C=O) groups is 1. The molecule has 2 aromatic heterocycles. The molecule has 0 aliphatic rings. The van der Waals surface area contributed by atoms with Gasteiger partial charge in [0, 0.05) is 6.20 Å². The van der Waals surface area contributed by atoms with Crippen molar-refractivity contribution < 1.29 is 18.0 Å². The van der Waals surface area contributed by atoms with Crippen molar-refractivity contribution in [3.63, 3.8) is 0 Å². The maximum absolute atomic E-state index is 12.9. The highest BCUT2D eigenvalue weighted by molar-refractivity contribution is 6.05. The van der Waals surface area contributed by atoms with Crippen LogP contribution in [0.15, 0.2) is 36.8 Å². The zero-order valence-corrected chi connectivity index (χ0v) is 12.6. The molecule has 0 saturated carbocycles. The first kappa shape index (κ1) is 16.0. The van der Waals surface area contributed by atoms with Crippen molar-refractivity contribution in [2.24, 2.45) is 0 Å². The number of hydrogen-bond donors (Lipinski definition) is 2. The van der Waals surface area contributed by atoms with Crippen LogP contribution >= 0.6 is 0 Å². The van der Waals surface area contributed by atoms with Gasteiger partial charge in [-0.15, -0.1) is 0 Å². The van der Waals surface area contributed by atoms with Crippen LogP contribution in [-0.2, 0) is 12.7 Å². The molecule has 2 N–H and O–H groups in total. The number of amides is 1. The van der Waals surface area contributed by atoms with Crippen molar-refractivity contribution in [1.82, 2.24) is 20.3 Å². The minimum atomic E-state index is -4.52. The Kier molecular flexibility index (Phi) is 3.96. The smallest absolute Gasteiger partial charge is 0.346 e. The summed E-state index contributed by atoms with van der Waals surface area (Å²) in [6.45, 7) is 1.49. The van der Waals surface area contributed by atoms with Gasteiger partial charge in [-0.2, -0.15) is 13.2 Å². The van der Waals surface area contributed by atoms with Crippen LogP contribution in [0.5, 0.6) is 0 Å². The van der Waals surface area contributed by atoms with Crippen molar-refractivity contribution >= 4 is 16.9 Å². The minimum absolute atomic E-state index is 0.232. The average molecular weight is 334 g/mol. The largest absolute Gasteiger partial charge is 0.418 e. The van der Waals surface area contributed by atoms with Gasteiger partial charge in [0.2, 0.25) is 0 Å². The van der Waals surface area contributed by atoms with Gasteiger partial charge in [0.05, 0.1) is 35.2 Å². The first-order chi connectivity index (χ1) is 11.4. The molecule has 0 unspecified atom stereocenters. The van der Waals surface area contributed by atoms with Gasteiger partial charge in [-0.3, -0.25) is 9.78 Å². The van der Waals surface area contributed by atoms with Crippen molar-refractivity contribution in [1.29, 1.82) is 0 Å². The number of nitrogens with one attached hydrogen (secondary N) is 2. The second-order valence-corrected chi connectivity index (χ2v) is 5.29. The molecule has 0 radical (unpaired) electrons. The molecule has 0 atom stereocenters. The average Bonchev–Trinajstić information content (AvgIpc) is 2.99. The third kappa shape index (κ3) is 3.08. The van der Waals surface area contributed by atoms with Crippen LogP contribution in [-0.4, -0.2) is 20.9 Å². The molecule has 3 aromatic rings. The molecular weight excluding hydrogens is 321 g/mol. The summed E-state index contributed by atoms with van der Waals surface area (Å²) in [4.78, 5) is 23.1. The second-order valence-electron chi connectivity index (χ2n) is 5.29. The Labute approximate surface area is 134 Å². The first-order valence-corrected chi connectivity index (χ1v) is 7.09. The maximum atomic E-state index is 12.9. The molecule has 0 bridgehead atoms. The fourth-order valence-electron chi connectivity index (χ4n) is 2.46. The highest BCUT2D eigenvalue weighted by atomic mass is 19.4. The van der Waals surface area contributed by atoms with E-state index in [9.17, 15) is 18.0 Å². The lowest BCUT2D eigenvalue weighted by Gasteiger charge is -2.12. The number of halogens is 3. The van der Waals surface area contributed by atoms with E-state index in [-0.39, 0.29) is 12.2 Å². The summed E-state index contributed by atoms with van der Waals surface area (Å²) >= 11 is 0. The lowest BCUT2D eigenvalue weighted by Crippen LogP contribution is -2.25. The molecule has 24 heavy (non-hydrogen) atoms. The van der Waals surface area contributed by atoms with Crippen LogP contribution in [0.25, 0.3) is 11.0 Å². The summed E-state index contributed by atoms with van der Waals surface area (Å²) < 4.78 is 38.8. The van der Waals surface area contributed by atoms with Crippen molar-refractivity contribution in [3.8, 4) is 0 Å². The number of hydrogen-bond acceptors (Lipinski definition) is 3. The summed E-state index contributed by atoms with van der Waals surface area (Å²) in [6.07, 6.45) is -1.80. The Morgan fingerprint density at radius 3 is 2.83 bits per heavy atom. The van der Waals surface area contributed by atoms with Crippen LogP contribution in [0.4, 0.5) is 13.2 Å². The molecule has 0 spiro atoms. The van der Waals surface area contributed by atoms with Crippen molar-refractivity contribution in [2.45, 2.75) is 19.6 Å². The fraction of sp³-hybridized carbons (Fsp3) is 0.188. The van der Waals surface area contributed by atoms with Gasteiger partial charge < -0.3 is 10.3 Å². The lowest BCUT2D eigenvalue weighted by atomic mass is 10.1. The quantitative estimate of drug-likeness (QED) is 0.773. The Bertz CT molecular complexity index is 902. The fourth-order valence-corrected chi connectivity index (χ4v) is 2.46. The van der Waals surface area contributed by atoms with Gasteiger partial charge in [-0.1, -0.05) is 0 Å². The number of imidazole rings is 1. The van der Waals surface area contributed by atoms with E-state index < -0.39 is 17.6 Å². The molecule has 1 amide bonds. The van der Waals surface area contributed by atoms with Gasteiger partial charge in [0.15, 0.2) is 0 Å². The van der Waals surface area contributed by atoms with Crippen molar-refractivity contribution in [2.75, 3.05) is 0 Å². The van der Waals surface area contributed by atoms with E-state index in [1.54, 1.807) is 6.07 Å².